The molecule has 0 spiro atoms. The first-order chi connectivity index (χ1) is 8.24. The van der Waals surface area contributed by atoms with Gasteiger partial charge in [-0.25, -0.2) is 4.39 Å². The molecule has 0 aromatic heterocycles. The fourth-order valence-corrected chi connectivity index (χ4v) is 2.56. The summed E-state index contributed by atoms with van der Waals surface area (Å²) in [6, 6.07) is 4.95. The third-order valence-electron chi connectivity index (χ3n) is 3.11. The van der Waals surface area contributed by atoms with Crippen LogP contribution in [0.4, 0.5) is 4.39 Å². The molecule has 1 saturated heterocycles. The van der Waals surface area contributed by atoms with E-state index in [0.29, 0.717) is 10.0 Å². The van der Waals surface area contributed by atoms with E-state index in [0.717, 1.165) is 26.2 Å². The van der Waals surface area contributed by atoms with Crippen LogP contribution in [0.3, 0.4) is 0 Å². The number of aliphatic hydroxyl groups is 1. The van der Waals surface area contributed by atoms with Crippen molar-refractivity contribution in [3.63, 3.8) is 0 Å². The van der Waals surface area contributed by atoms with Crippen molar-refractivity contribution in [1.82, 2.24) is 10.2 Å². The van der Waals surface area contributed by atoms with Gasteiger partial charge >= 0.3 is 0 Å². The van der Waals surface area contributed by atoms with Crippen LogP contribution in [0.15, 0.2) is 22.7 Å². The van der Waals surface area contributed by atoms with Gasteiger partial charge in [0.2, 0.25) is 0 Å². The molecule has 2 N–H and O–H groups in total. The minimum absolute atomic E-state index is 0.0621. The Bertz CT molecular complexity index is 383. The van der Waals surface area contributed by atoms with Gasteiger partial charge in [-0.05, 0) is 22.0 Å². The van der Waals surface area contributed by atoms with Crippen molar-refractivity contribution in [1.29, 1.82) is 0 Å². The molecule has 1 aliphatic rings. The SMILES string of the molecule is OC[C@@H](c1cccc(Br)c1F)N1CCNCC1. The number of nitrogens with zero attached hydrogens (tertiary/aromatic N) is 1. The van der Waals surface area contributed by atoms with Gasteiger partial charge in [-0.3, -0.25) is 4.90 Å². The molecule has 1 aliphatic heterocycles. The lowest BCUT2D eigenvalue weighted by molar-refractivity contribution is 0.108. The van der Waals surface area contributed by atoms with Gasteiger partial charge in [0.1, 0.15) is 5.82 Å². The molecule has 1 fully saturated rings. The molecule has 1 aromatic rings. The third kappa shape index (κ3) is 2.85. The maximum Gasteiger partial charge on any atom is 0.142 e. The zero-order valence-electron chi connectivity index (χ0n) is 9.50. The Labute approximate surface area is 109 Å². The largest absolute Gasteiger partial charge is 0.394 e. The summed E-state index contributed by atoms with van der Waals surface area (Å²) in [6.07, 6.45) is 0. The molecular weight excluding hydrogens is 287 g/mol. The summed E-state index contributed by atoms with van der Waals surface area (Å²) in [5, 5.41) is 12.7. The van der Waals surface area contributed by atoms with Crippen molar-refractivity contribution in [2.75, 3.05) is 32.8 Å². The van der Waals surface area contributed by atoms with Crippen LogP contribution in [0.2, 0.25) is 0 Å². The monoisotopic (exact) mass is 302 g/mol. The summed E-state index contributed by atoms with van der Waals surface area (Å²) in [7, 11) is 0. The molecule has 0 amide bonds. The van der Waals surface area contributed by atoms with Gasteiger partial charge < -0.3 is 10.4 Å². The number of rotatable bonds is 3. The number of halogens is 2. The Morgan fingerprint density at radius 1 is 1.41 bits per heavy atom. The topological polar surface area (TPSA) is 35.5 Å². The van der Waals surface area contributed by atoms with Gasteiger partial charge in [-0.1, -0.05) is 12.1 Å². The zero-order chi connectivity index (χ0) is 12.3. The Morgan fingerprint density at radius 3 is 2.76 bits per heavy atom. The summed E-state index contributed by atoms with van der Waals surface area (Å²) >= 11 is 3.18. The summed E-state index contributed by atoms with van der Waals surface area (Å²) in [5.74, 6) is -0.273. The number of aliphatic hydroxyl groups excluding tert-OH is 1. The zero-order valence-corrected chi connectivity index (χ0v) is 11.1. The first kappa shape index (κ1) is 13.0. The Morgan fingerprint density at radius 2 is 2.12 bits per heavy atom. The van der Waals surface area contributed by atoms with E-state index in [9.17, 15) is 9.50 Å². The van der Waals surface area contributed by atoms with Gasteiger partial charge in [0, 0.05) is 31.7 Å². The molecule has 1 aromatic carbocycles. The molecule has 2 rings (SSSR count). The Kier molecular flexibility index (Phi) is 4.50. The fraction of sp³-hybridized carbons (Fsp3) is 0.500. The highest BCUT2D eigenvalue weighted by Gasteiger charge is 2.24. The summed E-state index contributed by atoms with van der Waals surface area (Å²) < 4.78 is 14.4. The van der Waals surface area contributed by atoms with Gasteiger partial charge in [0.15, 0.2) is 0 Å². The summed E-state index contributed by atoms with van der Waals surface area (Å²) in [5.41, 5.74) is 0.559. The van der Waals surface area contributed by atoms with Crippen molar-refractivity contribution in [2.24, 2.45) is 0 Å². The normalized spacial score (nSPS) is 19.2. The average Bonchev–Trinajstić information content (AvgIpc) is 2.37. The van der Waals surface area contributed by atoms with E-state index in [-0.39, 0.29) is 18.5 Å². The van der Waals surface area contributed by atoms with Crippen LogP contribution in [0.25, 0.3) is 0 Å². The first-order valence-electron chi connectivity index (χ1n) is 5.73. The van der Waals surface area contributed by atoms with Crippen LogP contribution in [-0.4, -0.2) is 42.8 Å². The van der Waals surface area contributed by atoms with Crippen molar-refractivity contribution < 1.29 is 9.50 Å². The molecule has 0 radical (unpaired) electrons. The van der Waals surface area contributed by atoms with Crippen LogP contribution in [0, 0.1) is 5.82 Å². The number of hydrogen-bond acceptors (Lipinski definition) is 3. The predicted octanol–water partition coefficient (Wildman–Crippen LogP) is 1.53. The van der Waals surface area contributed by atoms with E-state index in [4.69, 9.17) is 0 Å². The van der Waals surface area contributed by atoms with Crippen LogP contribution in [-0.2, 0) is 0 Å². The van der Waals surface area contributed by atoms with E-state index in [1.54, 1.807) is 18.2 Å². The first-order valence-corrected chi connectivity index (χ1v) is 6.53. The molecule has 0 saturated carbocycles. The van der Waals surface area contributed by atoms with Gasteiger partial charge in [-0.2, -0.15) is 0 Å². The predicted molar refractivity (Wildman–Crippen MR) is 68.4 cm³/mol. The van der Waals surface area contributed by atoms with Crippen LogP contribution in [0.1, 0.15) is 11.6 Å². The molecule has 0 aliphatic carbocycles. The molecule has 1 heterocycles. The van der Waals surface area contributed by atoms with E-state index in [1.165, 1.54) is 0 Å². The standard InChI is InChI=1S/C12H16BrFN2O/c13-10-3-1-2-9(12(10)14)11(8-17)16-6-4-15-5-7-16/h1-3,11,15,17H,4-8H2/t11-/m0/s1. The number of benzene rings is 1. The number of piperazine rings is 1. The van der Waals surface area contributed by atoms with Crippen LogP contribution in [0.5, 0.6) is 0 Å². The van der Waals surface area contributed by atoms with E-state index >= 15 is 0 Å². The van der Waals surface area contributed by atoms with Crippen molar-refractivity contribution in [3.05, 3.63) is 34.1 Å². The highest BCUT2D eigenvalue weighted by molar-refractivity contribution is 9.10. The van der Waals surface area contributed by atoms with Gasteiger partial charge in [0.25, 0.3) is 0 Å². The molecule has 94 valence electrons. The van der Waals surface area contributed by atoms with Crippen molar-refractivity contribution in [2.45, 2.75) is 6.04 Å². The van der Waals surface area contributed by atoms with Crippen LogP contribution < -0.4 is 5.32 Å². The number of nitrogens with one attached hydrogen (secondary N) is 1. The van der Waals surface area contributed by atoms with E-state index < -0.39 is 0 Å². The molecule has 0 bridgehead atoms. The average molecular weight is 303 g/mol. The summed E-state index contributed by atoms with van der Waals surface area (Å²) in [6.45, 7) is 3.36. The second-order valence-corrected chi connectivity index (χ2v) is 4.98. The smallest absolute Gasteiger partial charge is 0.142 e. The van der Waals surface area contributed by atoms with Gasteiger partial charge in [-0.15, -0.1) is 0 Å². The highest BCUT2D eigenvalue weighted by atomic mass is 79.9. The van der Waals surface area contributed by atoms with E-state index in [2.05, 4.69) is 26.1 Å². The molecule has 17 heavy (non-hydrogen) atoms. The fourth-order valence-electron chi connectivity index (χ4n) is 2.18. The molecule has 1 atom stereocenters. The maximum atomic E-state index is 14.0. The van der Waals surface area contributed by atoms with E-state index in [1.807, 2.05) is 0 Å². The Balaban J connectivity index is 2.24. The molecule has 3 nitrogen and oxygen atoms in total. The second-order valence-electron chi connectivity index (χ2n) is 4.13. The van der Waals surface area contributed by atoms with Gasteiger partial charge in [0.05, 0.1) is 17.1 Å². The summed E-state index contributed by atoms with van der Waals surface area (Å²) in [4.78, 5) is 2.11. The maximum absolute atomic E-state index is 14.0. The van der Waals surface area contributed by atoms with Crippen LogP contribution >= 0.6 is 15.9 Å². The lowest BCUT2D eigenvalue weighted by Gasteiger charge is -2.34. The number of hydrogen-bond donors (Lipinski definition) is 2. The minimum atomic E-state index is -0.273. The van der Waals surface area contributed by atoms with Crippen molar-refractivity contribution in [3.8, 4) is 0 Å². The minimum Gasteiger partial charge on any atom is -0.394 e. The van der Waals surface area contributed by atoms with Crippen molar-refractivity contribution >= 4 is 15.9 Å². The quantitative estimate of drug-likeness (QED) is 0.889. The molecule has 0 unspecified atom stereocenters. The Hall–Kier alpha value is -0.490. The second kappa shape index (κ2) is 5.91. The lowest BCUT2D eigenvalue weighted by atomic mass is 10.0. The highest BCUT2D eigenvalue weighted by Crippen LogP contribution is 2.27. The lowest BCUT2D eigenvalue weighted by Crippen LogP contribution is -2.46. The third-order valence-corrected chi connectivity index (χ3v) is 3.72. The molecule has 5 heteroatoms. The molecular formula is C12H16BrFN2O.